The summed E-state index contributed by atoms with van der Waals surface area (Å²) in [6.45, 7) is 0.545. The van der Waals surface area contributed by atoms with Gasteiger partial charge in [0.2, 0.25) is 0 Å². The van der Waals surface area contributed by atoms with Crippen molar-refractivity contribution in [2.24, 2.45) is 5.73 Å². The van der Waals surface area contributed by atoms with Gasteiger partial charge < -0.3 is 14.9 Å². The predicted octanol–water partition coefficient (Wildman–Crippen LogP) is 2.44. The topological polar surface area (TPSA) is 48.4 Å². The lowest BCUT2D eigenvalue weighted by atomic mass is 10.3. The summed E-state index contributed by atoms with van der Waals surface area (Å²) < 4.78 is 11.8. The van der Waals surface area contributed by atoms with E-state index < -0.39 is 0 Å². The highest BCUT2D eigenvalue weighted by molar-refractivity contribution is 9.10. The second kappa shape index (κ2) is 4.47. The number of rotatable bonds is 3. The maximum atomic E-state index is 5.79. The molecule has 0 saturated heterocycles. The van der Waals surface area contributed by atoms with Crippen LogP contribution in [0, 0.1) is 0 Å². The number of nitrogens with two attached hydrogens (primary N) is 1. The predicted molar refractivity (Wildman–Crippen MR) is 56.8 cm³/mol. The summed E-state index contributed by atoms with van der Waals surface area (Å²) in [5, 5.41) is 0. The number of hydrogen-bond donors (Lipinski definition) is 1. The van der Waals surface area contributed by atoms with Crippen LogP contribution in [0.15, 0.2) is 21.2 Å². The third-order valence-corrected chi connectivity index (χ3v) is 2.94. The van der Waals surface area contributed by atoms with E-state index in [1.165, 1.54) is 0 Å². The van der Waals surface area contributed by atoms with Crippen LogP contribution in [0.4, 0.5) is 0 Å². The van der Waals surface area contributed by atoms with Gasteiger partial charge in [0.15, 0.2) is 4.67 Å². The Morgan fingerprint density at radius 3 is 2.93 bits per heavy atom. The molecule has 78 valence electrons. The largest absolute Gasteiger partial charge is 0.452 e. The van der Waals surface area contributed by atoms with Crippen LogP contribution in [0.25, 0.3) is 0 Å². The summed E-state index contributed by atoms with van der Waals surface area (Å²) in [7, 11) is 0. The molecule has 2 atom stereocenters. The minimum absolute atomic E-state index is 0.314. The van der Waals surface area contributed by atoms with Gasteiger partial charge in [0, 0.05) is 6.04 Å². The van der Waals surface area contributed by atoms with Crippen molar-refractivity contribution in [2.75, 3.05) is 0 Å². The Morgan fingerprint density at radius 2 is 2.36 bits per heavy atom. The maximum absolute atomic E-state index is 5.79. The fraction of sp³-hybridized carbons (Fsp3) is 0.600. The molecule has 0 amide bonds. The molecule has 2 unspecified atom stereocenters. The molecule has 4 heteroatoms. The van der Waals surface area contributed by atoms with Gasteiger partial charge >= 0.3 is 0 Å². The molecule has 0 spiro atoms. The van der Waals surface area contributed by atoms with Crippen molar-refractivity contribution in [1.82, 2.24) is 0 Å². The standard InChI is InChI=1S/C10H14BrNO2/c11-10-4-3-9(14-10)6-13-8-2-1-7(12)5-8/h3-4,7-8H,1-2,5-6,12H2. The molecule has 1 aliphatic rings. The molecule has 0 bridgehead atoms. The lowest BCUT2D eigenvalue weighted by molar-refractivity contribution is 0.0346. The number of furan rings is 1. The van der Waals surface area contributed by atoms with Gasteiger partial charge in [-0.15, -0.1) is 0 Å². The summed E-state index contributed by atoms with van der Waals surface area (Å²) >= 11 is 3.25. The zero-order chi connectivity index (χ0) is 9.97. The molecule has 0 aromatic carbocycles. The van der Waals surface area contributed by atoms with Crippen LogP contribution in [0.1, 0.15) is 25.0 Å². The van der Waals surface area contributed by atoms with Crippen LogP contribution in [0.2, 0.25) is 0 Å². The Morgan fingerprint density at radius 1 is 1.50 bits per heavy atom. The fourth-order valence-electron chi connectivity index (χ4n) is 1.75. The molecule has 1 fully saturated rings. The zero-order valence-corrected chi connectivity index (χ0v) is 9.50. The average Bonchev–Trinajstić information content (AvgIpc) is 2.72. The third-order valence-electron chi connectivity index (χ3n) is 2.52. The molecule has 14 heavy (non-hydrogen) atoms. The summed E-state index contributed by atoms with van der Waals surface area (Å²) in [4.78, 5) is 0. The van der Waals surface area contributed by atoms with E-state index >= 15 is 0 Å². The van der Waals surface area contributed by atoms with E-state index in [2.05, 4.69) is 15.9 Å². The van der Waals surface area contributed by atoms with E-state index in [0.29, 0.717) is 18.8 Å². The normalized spacial score (nSPS) is 27.0. The van der Waals surface area contributed by atoms with Crippen molar-refractivity contribution in [3.8, 4) is 0 Å². The summed E-state index contributed by atoms with van der Waals surface area (Å²) in [6, 6.07) is 4.11. The minimum Gasteiger partial charge on any atom is -0.452 e. The minimum atomic E-state index is 0.314. The SMILES string of the molecule is NC1CCC(OCc2ccc(Br)o2)C1. The molecular weight excluding hydrogens is 246 g/mol. The Kier molecular flexibility index (Phi) is 3.26. The number of halogens is 1. The fourth-order valence-corrected chi connectivity index (χ4v) is 2.09. The van der Waals surface area contributed by atoms with E-state index in [9.17, 15) is 0 Å². The zero-order valence-electron chi connectivity index (χ0n) is 7.91. The first-order valence-corrected chi connectivity index (χ1v) is 5.65. The quantitative estimate of drug-likeness (QED) is 0.908. The van der Waals surface area contributed by atoms with Gasteiger partial charge in [0.05, 0.1) is 6.10 Å². The lowest BCUT2D eigenvalue weighted by Crippen LogP contribution is -2.17. The molecule has 0 radical (unpaired) electrons. The highest BCUT2D eigenvalue weighted by atomic mass is 79.9. The molecule has 0 aliphatic heterocycles. The van der Waals surface area contributed by atoms with Crippen molar-refractivity contribution in [3.63, 3.8) is 0 Å². The van der Waals surface area contributed by atoms with Gasteiger partial charge in [-0.05, 0) is 47.3 Å². The van der Waals surface area contributed by atoms with E-state index in [1.54, 1.807) is 0 Å². The molecule has 1 aliphatic carbocycles. The third kappa shape index (κ3) is 2.59. The molecule has 1 aromatic heterocycles. The van der Waals surface area contributed by atoms with Crippen LogP contribution in [0.5, 0.6) is 0 Å². The lowest BCUT2D eigenvalue weighted by Gasteiger charge is -2.09. The van der Waals surface area contributed by atoms with Gasteiger partial charge in [-0.3, -0.25) is 0 Å². The Bertz CT molecular complexity index is 300. The summed E-state index contributed by atoms with van der Waals surface area (Å²) in [6.07, 6.45) is 3.44. The molecule has 1 heterocycles. The van der Waals surface area contributed by atoms with Crippen molar-refractivity contribution in [1.29, 1.82) is 0 Å². The van der Waals surface area contributed by atoms with Crippen LogP contribution in [-0.2, 0) is 11.3 Å². The second-order valence-electron chi connectivity index (χ2n) is 3.71. The number of hydrogen-bond acceptors (Lipinski definition) is 3. The van der Waals surface area contributed by atoms with Gasteiger partial charge in [0.1, 0.15) is 12.4 Å². The van der Waals surface area contributed by atoms with Crippen molar-refractivity contribution < 1.29 is 9.15 Å². The smallest absolute Gasteiger partial charge is 0.169 e. The molecule has 1 aromatic rings. The first-order chi connectivity index (χ1) is 6.74. The van der Waals surface area contributed by atoms with Gasteiger partial charge in [-0.1, -0.05) is 0 Å². The molecular formula is C10H14BrNO2. The van der Waals surface area contributed by atoms with E-state index in [-0.39, 0.29) is 0 Å². The van der Waals surface area contributed by atoms with Crippen LogP contribution < -0.4 is 5.73 Å². The highest BCUT2D eigenvalue weighted by Crippen LogP contribution is 2.22. The van der Waals surface area contributed by atoms with E-state index in [0.717, 1.165) is 29.7 Å². The van der Waals surface area contributed by atoms with Crippen LogP contribution >= 0.6 is 15.9 Å². The first-order valence-electron chi connectivity index (χ1n) is 4.85. The molecule has 3 nitrogen and oxygen atoms in total. The van der Waals surface area contributed by atoms with E-state index in [1.807, 2.05) is 12.1 Å². The Hall–Kier alpha value is -0.320. The molecule has 2 rings (SSSR count). The first kappa shape index (κ1) is 10.2. The summed E-state index contributed by atoms with van der Waals surface area (Å²) in [5.41, 5.74) is 5.79. The average molecular weight is 260 g/mol. The van der Waals surface area contributed by atoms with Crippen LogP contribution in [-0.4, -0.2) is 12.1 Å². The van der Waals surface area contributed by atoms with E-state index in [4.69, 9.17) is 14.9 Å². The maximum Gasteiger partial charge on any atom is 0.169 e. The van der Waals surface area contributed by atoms with Gasteiger partial charge in [0.25, 0.3) is 0 Å². The Labute approximate surface area is 91.7 Å². The van der Waals surface area contributed by atoms with Crippen molar-refractivity contribution >= 4 is 15.9 Å². The molecule has 2 N–H and O–H groups in total. The Balaban J connectivity index is 1.77. The highest BCUT2D eigenvalue weighted by Gasteiger charge is 2.22. The summed E-state index contributed by atoms with van der Waals surface area (Å²) in [5.74, 6) is 0.859. The van der Waals surface area contributed by atoms with Crippen molar-refractivity contribution in [3.05, 3.63) is 22.6 Å². The number of ether oxygens (including phenoxy) is 1. The second-order valence-corrected chi connectivity index (χ2v) is 4.49. The van der Waals surface area contributed by atoms with Gasteiger partial charge in [-0.2, -0.15) is 0 Å². The monoisotopic (exact) mass is 259 g/mol. The van der Waals surface area contributed by atoms with Crippen molar-refractivity contribution in [2.45, 2.75) is 38.0 Å². The van der Waals surface area contributed by atoms with Crippen LogP contribution in [0.3, 0.4) is 0 Å². The molecule has 1 saturated carbocycles. The van der Waals surface area contributed by atoms with Gasteiger partial charge in [-0.25, -0.2) is 0 Å².